The number of halogens is 1. The van der Waals surface area contributed by atoms with Crippen LogP contribution in [0.5, 0.6) is 0 Å². The van der Waals surface area contributed by atoms with Crippen LogP contribution in [0, 0.1) is 0 Å². The van der Waals surface area contributed by atoms with E-state index >= 15 is 0 Å². The van der Waals surface area contributed by atoms with Gasteiger partial charge in [0.05, 0.1) is 5.02 Å². The summed E-state index contributed by atoms with van der Waals surface area (Å²) in [6, 6.07) is 13.9. The van der Waals surface area contributed by atoms with Gasteiger partial charge in [-0.25, -0.2) is 0 Å². The summed E-state index contributed by atoms with van der Waals surface area (Å²) >= 11 is 11.1. The van der Waals surface area contributed by atoms with Gasteiger partial charge in [0.25, 0.3) is 0 Å². The molecule has 19 heavy (non-hydrogen) atoms. The molecule has 0 fully saturated rings. The van der Waals surface area contributed by atoms with E-state index in [1.54, 1.807) is 0 Å². The van der Waals surface area contributed by atoms with Crippen LogP contribution in [-0.2, 0) is 6.42 Å². The van der Waals surface area contributed by atoms with E-state index in [0.717, 1.165) is 17.8 Å². The van der Waals surface area contributed by atoms with Gasteiger partial charge in [0.1, 0.15) is 4.99 Å². The molecule has 2 aromatic rings. The zero-order valence-corrected chi connectivity index (χ0v) is 12.2. The molecule has 0 amide bonds. The summed E-state index contributed by atoms with van der Waals surface area (Å²) in [7, 11) is 0. The van der Waals surface area contributed by atoms with E-state index in [1.165, 1.54) is 5.56 Å². The quantitative estimate of drug-likeness (QED) is 0.826. The van der Waals surface area contributed by atoms with Gasteiger partial charge in [-0.2, -0.15) is 0 Å². The average Bonchev–Trinajstić information content (AvgIpc) is 2.38. The zero-order chi connectivity index (χ0) is 13.8. The van der Waals surface area contributed by atoms with Crippen molar-refractivity contribution < 1.29 is 0 Å². The fourth-order valence-electron chi connectivity index (χ4n) is 1.83. The van der Waals surface area contributed by atoms with Crippen LogP contribution in [0.3, 0.4) is 0 Å². The van der Waals surface area contributed by atoms with Crippen molar-refractivity contribution in [1.82, 2.24) is 0 Å². The summed E-state index contributed by atoms with van der Waals surface area (Å²) in [4.78, 5) is 0.310. The third-order valence-corrected chi connectivity index (χ3v) is 3.39. The van der Waals surface area contributed by atoms with E-state index in [2.05, 4.69) is 24.4 Å². The molecular formula is C15H15ClN2S. The maximum atomic E-state index is 6.14. The molecule has 0 bridgehead atoms. The second kappa shape index (κ2) is 6.04. The normalized spacial score (nSPS) is 10.2. The molecule has 0 saturated heterocycles. The number of aryl methyl sites for hydroxylation is 1. The van der Waals surface area contributed by atoms with Crippen molar-refractivity contribution >= 4 is 40.2 Å². The Kier molecular flexibility index (Phi) is 4.40. The molecule has 2 rings (SSSR count). The first-order valence-electron chi connectivity index (χ1n) is 6.05. The highest BCUT2D eigenvalue weighted by Crippen LogP contribution is 2.24. The molecule has 2 nitrogen and oxygen atoms in total. The standard InChI is InChI=1S/C15H15ClN2S/c1-2-10-4-3-5-11(8-10)18-12-6-7-13(15(17)19)14(16)9-12/h3-9,18H,2H2,1H3,(H2,17,19). The van der Waals surface area contributed by atoms with Crippen molar-refractivity contribution in [2.24, 2.45) is 5.73 Å². The Labute approximate surface area is 123 Å². The Morgan fingerprint density at radius 3 is 2.58 bits per heavy atom. The van der Waals surface area contributed by atoms with Gasteiger partial charge in [-0.1, -0.05) is 42.9 Å². The van der Waals surface area contributed by atoms with Gasteiger partial charge < -0.3 is 11.1 Å². The van der Waals surface area contributed by atoms with Crippen molar-refractivity contribution in [2.75, 3.05) is 5.32 Å². The van der Waals surface area contributed by atoms with Gasteiger partial charge in [0.2, 0.25) is 0 Å². The van der Waals surface area contributed by atoms with Gasteiger partial charge in [0.15, 0.2) is 0 Å². The zero-order valence-electron chi connectivity index (χ0n) is 10.6. The van der Waals surface area contributed by atoms with Gasteiger partial charge >= 0.3 is 0 Å². The number of hydrogen-bond donors (Lipinski definition) is 2. The Morgan fingerprint density at radius 1 is 1.21 bits per heavy atom. The number of nitrogens with two attached hydrogens (primary N) is 1. The minimum atomic E-state index is 0.310. The van der Waals surface area contributed by atoms with Crippen LogP contribution in [-0.4, -0.2) is 4.99 Å². The molecule has 0 aliphatic carbocycles. The Bertz CT molecular complexity index is 611. The maximum absolute atomic E-state index is 6.14. The largest absolute Gasteiger partial charge is 0.389 e. The van der Waals surface area contributed by atoms with Crippen LogP contribution in [0.2, 0.25) is 5.02 Å². The number of benzene rings is 2. The van der Waals surface area contributed by atoms with Gasteiger partial charge in [-0.3, -0.25) is 0 Å². The molecule has 0 unspecified atom stereocenters. The lowest BCUT2D eigenvalue weighted by atomic mass is 10.1. The van der Waals surface area contributed by atoms with Crippen molar-refractivity contribution in [3.8, 4) is 0 Å². The molecule has 0 saturated carbocycles. The van der Waals surface area contributed by atoms with Crippen LogP contribution < -0.4 is 11.1 Å². The van der Waals surface area contributed by atoms with E-state index in [-0.39, 0.29) is 0 Å². The Hall–Kier alpha value is -1.58. The number of nitrogens with one attached hydrogen (secondary N) is 1. The first-order valence-corrected chi connectivity index (χ1v) is 6.84. The van der Waals surface area contributed by atoms with Gasteiger partial charge in [-0.05, 0) is 42.3 Å². The van der Waals surface area contributed by atoms with Gasteiger partial charge in [-0.15, -0.1) is 0 Å². The topological polar surface area (TPSA) is 38.0 Å². The lowest BCUT2D eigenvalue weighted by Crippen LogP contribution is -2.09. The predicted molar refractivity (Wildman–Crippen MR) is 86.4 cm³/mol. The van der Waals surface area contributed by atoms with E-state index in [1.807, 2.05) is 30.3 Å². The number of thiocarbonyl (C=S) groups is 1. The summed E-state index contributed by atoms with van der Waals surface area (Å²) in [6.07, 6.45) is 1.01. The summed E-state index contributed by atoms with van der Waals surface area (Å²) in [5, 5.41) is 3.88. The lowest BCUT2D eigenvalue weighted by Gasteiger charge is -2.10. The third-order valence-electron chi connectivity index (χ3n) is 2.86. The van der Waals surface area contributed by atoms with Crippen LogP contribution >= 0.6 is 23.8 Å². The number of rotatable bonds is 4. The Balaban J connectivity index is 2.23. The lowest BCUT2D eigenvalue weighted by molar-refractivity contribution is 1.14. The highest BCUT2D eigenvalue weighted by Gasteiger charge is 2.04. The van der Waals surface area contributed by atoms with Crippen molar-refractivity contribution in [2.45, 2.75) is 13.3 Å². The van der Waals surface area contributed by atoms with Crippen molar-refractivity contribution in [1.29, 1.82) is 0 Å². The first-order chi connectivity index (χ1) is 9.10. The fourth-order valence-corrected chi connectivity index (χ4v) is 2.34. The summed E-state index contributed by atoms with van der Waals surface area (Å²) in [5.41, 5.74) is 9.52. The molecule has 2 aromatic carbocycles. The smallest absolute Gasteiger partial charge is 0.105 e. The monoisotopic (exact) mass is 290 g/mol. The molecule has 0 heterocycles. The van der Waals surface area contributed by atoms with Crippen molar-refractivity contribution in [3.63, 3.8) is 0 Å². The van der Waals surface area contributed by atoms with Crippen LogP contribution in [0.15, 0.2) is 42.5 Å². The van der Waals surface area contributed by atoms with E-state index in [0.29, 0.717) is 15.6 Å². The predicted octanol–water partition coefficient (Wildman–Crippen LogP) is 4.28. The summed E-state index contributed by atoms with van der Waals surface area (Å²) < 4.78 is 0. The minimum Gasteiger partial charge on any atom is -0.389 e. The second-order valence-electron chi connectivity index (χ2n) is 4.24. The SMILES string of the molecule is CCc1cccc(Nc2ccc(C(N)=S)c(Cl)c2)c1. The van der Waals surface area contributed by atoms with E-state index < -0.39 is 0 Å². The highest BCUT2D eigenvalue weighted by molar-refractivity contribution is 7.80. The third kappa shape index (κ3) is 3.46. The molecular weight excluding hydrogens is 276 g/mol. The summed E-state index contributed by atoms with van der Waals surface area (Å²) in [5.74, 6) is 0. The molecule has 0 radical (unpaired) electrons. The molecule has 4 heteroatoms. The molecule has 0 spiro atoms. The minimum absolute atomic E-state index is 0.310. The maximum Gasteiger partial charge on any atom is 0.105 e. The second-order valence-corrected chi connectivity index (χ2v) is 5.08. The van der Waals surface area contributed by atoms with Gasteiger partial charge in [0, 0.05) is 16.9 Å². The van der Waals surface area contributed by atoms with E-state index in [9.17, 15) is 0 Å². The molecule has 0 aliphatic heterocycles. The van der Waals surface area contributed by atoms with Crippen LogP contribution in [0.4, 0.5) is 11.4 Å². The molecule has 98 valence electrons. The van der Waals surface area contributed by atoms with Crippen LogP contribution in [0.25, 0.3) is 0 Å². The highest BCUT2D eigenvalue weighted by atomic mass is 35.5. The Morgan fingerprint density at radius 2 is 1.95 bits per heavy atom. The van der Waals surface area contributed by atoms with E-state index in [4.69, 9.17) is 29.6 Å². The number of anilines is 2. The molecule has 0 atom stereocenters. The van der Waals surface area contributed by atoms with Crippen LogP contribution in [0.1, 0.15) is 18.1 Å². The first kappa shape index (κ1) is 13.8. The average molecular weight is 291 g/mol. The summed E-state index contributed by atoms with van der Waals surface area (Å²) in [6.45, 7) is 2.13. The van der Waals surface area contributed by atoms with Crippen molar-refractivity contribution in [3.05, 3.63) is 58.6 Å². The molecule has 0 aliphatic rings. The fraction of sp³-hybridized carbons (Fsp3) is 0.133. The molecule has 3 N–H and O–H groups in total. The number of hydrogen-bond acceptors (Lipinski definition) is 2. The molecule has 0 aromatic heterocycles.